The Morgan fingerprint density at radius 3 is 2.50 bits per heavy atom. The quantitative estimate of drug-likeness (QED) is 0.886. The van der Waals surface area contributed by atoms with E-state index in [0.717, 1.165) is 29.3 Å². The Morgan fingerprint density at radius 1 is 1.20 bits per heavy atom. The molecule has 108 valence electrons. The number of carboxylic acid groups (broad SMARTS) is 1. The fraction of sp³-hybridized carbons (Fsp3) is 0.467. The van der Waals surface area contributed by atoms with Gasteiger partial charge in [0.2, 0.25) is 5.91 Å². The van der Waals surface area contributed by atoms with Gasteiger partial charge in [-0.05, 0) is 30.5 Å². The van der Waals surface area contributed by atoms with Crippen molar-refractivity contribution in [2.45, 2.75) is 38.1 Å². The number of halogens is 1. The van der Waals surface area contributed by atoms with Crippen molar-refractivity contribution in [1.82, 2.24) is 5.32 Å². The Hall–Kier alpha value is -1.36. The van der Waals surface area contributed by atoms with E-state index in [2.05, 4.69) is 21.2 Å². The molecule has 1 aromatic carbocycles. The summed E-state index contributed by atoms with van der Waals surface area (Å²) in [5.41, 5.74) is 0.924. The van der Waals surface area contributed by atoms with Crippen LogP contribution in [0.1, 0.15) is 31.2 Å². The highest BCUT2D eigenvalue weighted by molar-refractivity contribution is 9.10. The van der Waals surface area contributed by atoms with Crippen LogP contribution in [0.2, 0.25) is 0 Å². The summed E-state index contributed by atoms with van der Waals surface area (Å²) in [6, 6.07) is 7.33. The van der Waals surface area contributed by atoms with Gasteiger partial charge >= 0.3 is 5.97 Å². The average molecular weight is 340 g/mol. The molecule has 1 aliphatic rings. The number of carbonyl (C=O) groups is 2. The molecule has 2 N–H and O–H groups in total. The van der Waals surface area contributed by atoms with Crippen LogP contribution >= 0.6 is 15.9 Å². The number of amides is 1. The van der Waals surface area contributed by atoms with Crippen LogP contribution in [0.5, 0.6) is 0 Å². The largest absolute Gasteiger partial charge is 0.481 e. The molecule has 2 unspecified atom stereocenters. The summed E-state index contributed by atoms with van der Waals surface area (Å²) in [5, 5.41) is 12.1. The topological polar surface area (TPSA) is 66.4 Å². The lowest BCUT2D eigenvalue weighted by Gasteiger charge is -2.29. The molecule has 1 aliphatic carbocycles. The van der Waals surface area contributed by atoms with Crippen molar-refractivity contribution in [2.24, 2.45) is 5.92 Å². The van der Waals surface area contributed by atoms with Crippen molar-refractivity contribution in [3.63, 3.8) is 0 Å². The maximum atomic E-state index is 12.0. The number of carboxylic acids is 1. The third-order valence-electron chi connectivity index (χ3n) is 3.71. The highest BCUT2D eigenvalue weighted by Gasteiger charge is 2.31. The van der Waals surface area contributed by atoms with Crippen molar-refractivity contribution < 1.29 is 14.7 Å². The zero-order valence-corrected chi connectivity index (χ0v) is 12.7. The Bertz CT molecular complexity index is 486. The van der Waals surface area contributed by atoms with Crippen LogP contribution in [0.15, 0.2) is 28.7 Å². The van der Waals surface area contributed by atoms with Crippen LogP contribution in [0.3, 0.4) is 0 Å². The van der Waals surface area contributed by atoms with E-state index in [4.69, 9.17) is 0 Å². The van der Waals surface area contributed by atoms with Crippen LogP contribution in [-0.4, -0.2) is 23.0 Å². The van der Waals surface area contributed by atoms with E-state index in [0.29, 0.717) is 6.42 Å². The summed E-state index contributed by atoms with van der Waals surface area (Å²) in [4.78, 5) is 23.2. The standard InChI is InChI=1S/C15H18BrNO3/c16-11-7-5-10(6-8-11)9-14(18)17-13-4-2-1-3-12(13)15(19)20/h5-8,12-13H,1-4,9H2,(H,17,18)(H,19,20). The molecule has 2 rings (SSSR count). The molecule has 0 aromatic heterocycles. The minimum Gasteiger partial charge on any atom is -0.481 e. The molecular weight excluding hydrogens is 322 g/mol. The summed E-state index contributed by atoms with van der Waals surface area (Å²) in [6.45, 7) is 0. The molecule has 1 saturated carbocycles. The van der Waals surface area contributed by atoms with E-state index in [-0.39, 0.29) is 18.4 Å². The lowest BCUT2D eigenvalue weighted by atomic mass is 9.84. The predicted molar refractivity (Wildman–Crippen MR) is 79.4 cm³/mol. The summed E-state index contributed by atoms with van der Waals surface area (Å²) in [7, 11) is 0. The zero-order chi connectivity index (χ0) is 14.5. The van der Waals surface area contributed by atoms with E-state index in [9.17, 15) is 14.7 Å². The van der Waals surface area contributed by atoms with Crippen molar-refractivity contribution in [3.05, 3.63) is 34.3 Å². The van der Waals surface area contributed by atoms with Crippen LogP contribution in [0.4, 0.5) is 0 Å². The Balaban J connectivity index is 1.92. The first-order chi connectivity index (χ1) is 9.56. The minimum atomic E-state index is -0.807. The van der Waals surface area contributed by atoms with Gasteiger partial charge in [0.1, 0.15) is 0 Å². The van der Waals surface area contributed by atoms with Gasteiger partial charge < -0.3 is 10.4 Å². The van der Waals surface area contributed by atoms with E-state index < -0.39 is 11.9 Å². The van der Waals surface area contributed by atoms with E-state index >= 15 is 0 Å². The second kappa shape index (κ2) is 6.88. The molecule has 2 atom stereocenters. The first-order valence-electron chi connectivity index (χ1n) is 6.83. The average Bonchev–Trinajstić information content (AvgIpc) is 2.41. The SMILES string of the molecule is O=C(Cc1ccc(Br)cc1)NC1CCCCC1C(=O)O. The molecule has 0 radical (unpaired) electrons. The van der Waals surface area contributed by atoms with Gasteiger partial charge in [-0.3, -0.25) is 9.59 Å². The molecule has 1 aromatic rings. The third-order valence-corrected chi connectivity index (χ3v) is 4.24. The number of nitrogens with one attached hydrogen (secondary N) is 1. The van der Waals surface area contributed by atoms with Gasteiger partial charge in [0, 0.05) is 10.5 Å². The Morgan fingerprint density at radius 2 is 1.85 bits per heavy atom. The Labute approximate surface area is 126 Å². The Kier molecular flexibility index (Phi) is 5.17. The predicted octanol–water partition coefficient (Wildman–Crippen LogP) is 2.75. The zero-order valence-electron chi connectivity index (χ0n) is 11.1. The van der Waals surface area contributed by atoms with Crippen LogP contribution in [0, 0.1) is 5.92 Å². The van der Waals surface area contributed by atoms with Gasteiger partial charge in [0.05, 0.1) is 12.3 Å². The van der Waals surface area contributed by atoms with Crippen LogP contribution in [0.25, 0.3) is 0 Å². The van der Waals surface area contributed by atoms with Gasteiger partial charge in [0.15, 0.2) is 0 Å². The molecule has 0 bridgehead atoms. The summed E-state index contributed by atoms with van der Waals surface area (Å²) in [5.74, 6) is -1.36. The normalized spacial score (nSPS) is 22.2. The monoisotopic (exact) mass is 339 g/mol. The fourth-order valence-electron chi connectivity index (χ4n) is 2.64. The van der Waals surface area contributed by atoms with Gasteiger partial charge in [-0.25, -0.2) is 0 Å². The van der Waals surface area contributed by atoms with Gasteiger partial charge in [-0.15, -0.1) is 0 Å². The summed E-state index contributed by atoms with van der Waals surface area (Å²) >= 11 is 3.35. The molecule has 1 amide bonds. The number of rotatable bonds is 4. The van der Waals surface area contributed by atoms with Crippen LogP contribution < -0.4 is 5.32 Å². The first-order valence-corrected chi connectivity index (χ1v) is 7.62. The maximum absolute atomic E-state index is 12.0. The molecule has 5 heteroatoms. The molecule has 1 fully saturated rings. The highest BCUT2D eigenvalue weighted by atomic mass is 79.9. The van der Waals surface area contributed by atoms with Crippen molar-refractivity contribution >= 4 is 27.8 Å². The van der Waals surface area contributed by atoms with Crippen molar-refractivity contribution in [2.75, 3.05) is 0 Å². The highest BCUT2D eigenvalue weighted by Crippen LogP contribution is 2.24. The minimum absolute atomic E-state index is 0.106. The van der Waals surface area contributed by atoms with E-state index in [1.54, 1.807) is 0 Å². The third kappa shape index (κ3) is 4.07. The number of aliphatic carboxylic acids is 1. The molecule has 0 aliphatic heterocycles. The lowest BCUT2D eigenvalue weighted by Crippen LogP contribution is -2.45. The van der Waals surface area contributed by atoms with Gasteiger partial charge in [-0.1, -0.05) is 40.9 Å². The number of hydrogen-bond donors (Lipinski definition) is 2. The summed E-state index contributed by atoms with van der Waals surface area (Å²) in [6.07, 6.45) is 3.60. The molecular formula is C15H18BrNO3. The van der Waals surface area contributed by atoms with Gasteiger partial charge in [-0.2, -0.15) is 0 Å². The van der Waals surface area contributed by atoms with E-state index in [1.807, 2.05) is 24.3 Å². The first kappa shape index (κ1) is 15.0. The van der Waals surface area contributed by atoms with Crippen molar-refractivity contribution in [1.29, 1.82) is 0 Å². The smallest absolute Gasteiger partial charge is 0.308 e. The molecule has 0 saturated heterocycles. The molecule has 20 heavy (non-hydrogen) atoms. The van der Waals surface area contributed by atoms with Gasteiger partial charge in [0.25, 0.3) is 0 Å². The molecule has 4 nitrogen and oxygen atoms in total. The summed E-state index contributed by atoms with van der Waals surface area (Å²) < 4.78 is 0.972. The van der Waals surface area contributed by atoms with Crippen LogP contribution in [-0.2, 0) is 16.0 Å². The van der Waals surface area contributed by atoms with E-state index in [1.165, 1.54) is 0 Å². The second-order valence-corrected chi connectivity index (χ2v) is 6.12. The number of hydrogen-bond acceptors (Lipinski definition) is 2. The maximum Gasteiger partial charge on any atom is 0.308 e. The fourth-order valence-corrected chi connectivity index (χ4v) is 2.91. The second-order valence-electron chi connectivity index (χ2n) is 5.21. The number of carbonyl (C=O) groups excluding carboxylic acids is 1. The molecule has 0 heterocycles. The molecule has 0 spiro atoms. The number of benzene rings is 1. The lowest BCUT2D eigenvalue weighted by molar-refractivity contribution is -0.144. The van der Waals surface area contributed by atoms with Crippen molar-refractivity contribution in [3.8, 4) is 0 Å².